The Morgan fingerprint density at radius 3 is 2.76 bits per heavy atom. The first-order valence-electron chi connectivity index (χ1n) is 11.1. The number of hydrogen-bond acceptors (Lipinski definition) is 3. The standard InChI is InChI=1S/C24H32ClN3O/c1-16-12-17(2)15-28(14-16)11-5-10-26-24(29)18-8-9-20-22(13-18)27-21-7-4-3-6-19(21)23(20)25/h8-9,13,16-17H,3-7,10-12,14-15H2,1-2H3,(H,26,29)/t16-,17-/m0/s1. The van der Waals surface area contributed by atoms with Gasteiger partial charge < -0.3 is 10.2 Å². The molecule has 1 aromatic carbocycles. The van der Waals surface area contributed by atoms with Crippen molar-refractivity contribution in [2.45, 2.75) is 52.4 Å². The van der Waals surface area contributed by atoms with Crippen LogP contribution in [-0.4, -0.2) is 42.0 Å². The zero-order valence-corrected chi connectivity index (χ0v) is 18.4. The predicted octanol–water partition coefficient (Wildman–Crippen LogP) is 4.86. The summed E-state index contributed by atoms with van der Waals surface area (Å²) in [5.41, 5.74) is 3.80. The Hall–Kier alpha value is -1.65. The van der Waals surface area contributed by atoms with Crippen LogP contribution >= 0.6 is 11.6 Å². The molecule has 2 heterocycles. The summed E-state index contributed by atoms with van der Waals surface area (Å²) in [6.07, 6.45) is 6.64. The normalized spacial score (nSPS) is 22.4. The van der Waals surface area contributed by atoms with Crippen LogP contribution in [0, 0.1) is 11.8 Å². The second-order valence-electron chi connectivity index (χ2n) is 9.11. The van der Waals surface area contributed by atoms with E-state index in [1.807, 2.05) is 18.2 Å². The monoisotopic (exact) mass is 413 g/mol. The molecule has 2 aliphatic rings. The van der Waals surface area contributed by atoms with Gasteiger partial charge in [-0.05, 0) is 74.6 Å². The zero-order chi connectivity index (χ0) is 20.4. The van der Waals surface area contributed by atoms with E-state index in [0.29, 0.717) is 12.1 Å². The second kappa shape index (κ2) is 9.01. The number of halogens is 1. The molecule has 1 N–H and O–H groups in total. The van der Waals surface area contributed by atoms with Crippen molar-refractivity contribution in [1.29, 1.82) is 0 Å². The lowest BCUT2D eigenvalue weighted by molar-refractivity contribution is 0.0947. The van der Waals surface area contributed by atoms with E-state index in [-0.39, 0.29) is 5.91 Å². The molecule has 4 rings (SSSR count). The highest BCUT2D eigenvalue weighted by Gasteiger charge is 2.21. The SMILES string of the molecule is C[C@H]1C[C@H](C)CN(CCCNC(=O)c2ccc3c(Cl)c4c(nc3c2)CCCC4)C1. The summed E-state index contributed by atoms with van der Waals surface area (Å²) in [4.78, 5) is 20.0. The molecule has 1 fully saturated rings. The van der Waals surface area contributed by atoms with Crippen molar-refractivity contribution < 1.29 is 4.79 Å². The van der Waals surface area contributed by atoms with Crippen molar-refractivity contribution in [3.8, 4) is 0 Å². The van der Waals surface area contributed by atoms with E-state index in [1.165, 1.54) is 31.5 Å². The van der Waals surface area contributed by atoms with Crippen LogP contribution in [0.1, 0.15) is 61.1 Å². The van der Waals surface area contributed by atoms with Crippen LogP contribution < -0.4 is 5.32 Å². The van der Waals surface area contributed by atoms with Crippen molar-refractivity contribution in [3.63, 3.8) is 0 Å². The molecule has 1 aromatic heterocycles. The zero-order valence-electron chi connectivity index (χ0n) is 17.6. The van der Waals surface area contributed by atoms with Crippen LogP contribution in [0.5, 0.6) is 0 Å². The number of amides is 1. The molecule has 1 aliphatic heterocycles. The number of aryl methyl sites for hydroxylation is 1. The maximum absolute atomic E-state index is 12.6. The number of rotatable bonds is 5. The Bertz CT molecular complexity index is 887. The van der Waals surface area contributed by atoms with Crippen LogP contribution in [0.3, 0.4) is 0 Å². The summed E-state index contributed by atoms with van der Waals surface area (Å²) in [6, 6.07) is 5.71. The average Bonchev–Trinajstić information content (AvgIpc) is 2.70. The largest absolute Gasteiger partial charge is 0.352 e. The van der Waals surface area contributed by atoms with Gasteiger partial charge in [-0.1, -0.05) is 31.5 Å². The number of piperidine rings is 1. The topological polar surface area (TPSA) is 45.2 Å². The van der Waals surface area contributed by atoms with E-state index in [2.05, 4.69) is 24.1 Å². The molecule has 5 heteroatoms. The molecule has 4 nitrogen and oxygen atoms in total. The third-order valence-corrected chi connectivity index (χ3v) is 6.77. The maximum Gasteiger partial charge on any atom is 0.251 e. The molecule has 2 aromatic rings. The fraction of sp³-hybridized carbons (Fsp3) is 0.583. The van der Waals surface area contributed by atoms with Gasteiger partial charge in [0.15, 0.2) is 0 Å². The first-order valence-corrected chi connectivity index (χ1v) is 11.5. The van der Waals surface area contributed by atoms with Crippen molar-refractivity contribution in [2.24, 2.45) is 11.8 Å². The molecule has 0 spiro atoms. The molecular weight excluding hydrogens is 382 g/mol. The van der Waals surface area contributed by atoms with Gasteiger partial charge in [0.25, 0.3) is 5.91 Å². The summed E-state index contributed by atoms with van der Waals surface area (Å²) in [5.74, 6) is 1.52. The Balaban J connectivity index is 1.36. The minimum atomic E-state index is -0.0251. The van der Waals surface area contributed by atoms with E-state index < -0.39 is 0 Å². The first-order chi connectivity index (χ1) is 14.0. The number of carbonyl (C=O) groups is 1. The van der Waals surface area contributed by atoms with Crippen LogP contribution in [0.2, 0.25) is 5.02 Å². The van der Waals surface area contributed by atoms with E-state index in [0.717, 1.165) is 65.7 Å². The lowest BCUT2D eigenvalue weighted by Gasteiger charge is -2.34. The van der Waals surface area contributed by atoms with Gasteiger partial charge in [0.1, 0.15) is 0 Å². The average molecular weight is 414 g/mol. The molecule has 0 radical (unpaired) electrons. The van der Waals surface area contributed by atoms with Crippen LogP contribution in [0.25, 0.3) is 10.9 Å². The van der Waals surface area contributed by atoms with Gasteiger partial charge in [-0.3, -0.25) is 9.78 Å². The molecule has 156 valence electrons. The minimum absolute atomic E-state index is 0.0251. The Morgan fingerprint density at radius 1 is 1.21 bits per heavy atom. The summed E-state index contributed by atoms with van der Waals surface area (Å²) < 4.78 is 0. The molecule has 1 amide bonds. The van der Waals surface area contributed by atoms with Crippen molar-refractivity contribution >= 4 is 28.4 Å². The summed E-state index contributed by atoms with van der Waals surface area (Å²) in [7, 11) is 0. The minimum Gasteiger partial charge on any atom is -0.352 e. The molecule has 0 bridgehead atoms. The molecule has 0 unspecified atom stereocenters. The quantitative estimate of drug-likeness (QED) is 0.711. The number of nitrogens with one attached hydrogen (secondary N) is 1. The lowest BCUT2D eigenvalue weighted by atomic mass is 9.92. The number of fused-ring (bicyclic) bond motifs is 2. The fourth-order valence-electron chi connectivity index (χ4n) is 5.09. The summed E-state index contributed by atoms with van der Waals surface area (Å²) >= 11 is 6.64. The van der Waals surface area contributed by atoms with Gasteiger partial charge in [-0.15, -0.1) is 0 Å². The van der Waals surface area contributed by atoms with E-state index >= 15 is 0 Å². The number of hydrogen-bond donors (Lipinski definition) is 1. The number of pyridine rings is 1. The highest BCUT2D eigenvalue weighted by Crippen LogP contribution is 2.33. The maximum atomic E-state index is 12.6. The third kappa shape index (κ3) is 4.75. The van der Waals surface area contributed by atoms with E-state index in [4.69, 9.17) is 16.6 Å². The van der Waals surface area contributed by atoms with Crippen LogP contribution in [-0.2, 0) is 12.8 Å². The Labute approximate surface area is 179 Å². The smallest absolute Gasteiger partial charge is 0.251 e. The molecular formula is C24H32ClN3O. The first kappa shape index (κ1) is 20.6. The predicted molar refractivity (Wildman–Crippen MR) is 120 cm³/mol. The highest BCUT2D eigenvalue weighted by molar-refractivity contribution is 6.36. The van der Waals surface area contributed by atoms with E-state index in [1.54, 1.807) is 0 Å². The number of benzene rings is 1. The van der Waals surface area contributed by atoms with Gasteiger partial charge in [-0.25, -0.2) is 0 Å². The van der Waals surface area contributed by atoms with Crippen molar-refractivity contribution in [1.82, 2.24) is 15.2 Å². The number of carbonyl (C=O) groups excluding carboxylic acids is 1. The molecule has 2 atom stereocenters. The van der Waals surface area contributed by atoms with E-state index in [9.17, 15) is 4.79 Å². The van der Waals surface area contributed by atoms with Gasteiger partial charge in [-0.2, -0.15) is 0 Å². The Morgan fingerprint density at radius 2 is 1.97 bits per heavy atom. The van der Waals surface area contributed by atoms with Crippen molar-refractivity contribution in [3.05, 3.63) is 40.0 Å². The van der Waals surface area contributed by atoms with Crippen LogP contribution in [0.4, 0.5) is 0 Å². The summed E-state index contributed by atoms with van der Waals surface area (Å²) in [6.45, 7) is 8.78. The van der Waals surface area contributed by atoms with Gasteiger partial charge in [0.05, 0.1) is 10.5 Å². The third-order valence-electron chi connectivity index (χ3n) is 6.34. The molecule has 29 heavy (non-hydrogen) atoms. The second-order valence-corrected chi connectivity index (χ2v) is 9.48. The Kier molecular flexibility index (Phi) is 6.41. The van der Waals surface area contributed by atoms with Crippen molar-refractivity contribution in [2.75, 3.05) is 26.2 Å². The fourth-order valence-corrected chi connectivity index (χ4v) is 5.45. The highest BCUT2D eigenvalue weighted by atomic mass is 35.5. The van der Waals surface area contributed by atoms with Gasteiger partial charge in [0, 0.05) is 36.3 Å². The molecule has 1 aliphatic carbocycles. The number of likely N-dealkylation sites (tertiary alicyclic amines) is 1. The van der Waals surface area contributed by atoms with Gasteiger partial charge in [0.2, 0.25) is 0 Å². The lowest BCUT2D eigenvalue weighted by Crippen LogP contribution is -2.40. The molecule has 0 saturated carbocycles. The van der Waals surface area contributed by atoms with Crippen LogP contribution in [0.15, 0.2) is 18.2 Å². The number of aromatic nitrogens is 1. The number of nitrogens with zero attached hydrogens (tertiary/aromatic N) is 2. The molecule has 1 saturated heterocycles. The van der Waals surface area contributed by atoms with Gasteiger partial charge >= 0.3 is 0 Å². The summed E-state index contributed by atoms with van der Waals surface area (Å²) in [5, 5.41) is 4.85.